The molecule has 10 nitrogen and oxygen atoms in total. The minimum Gasteiger partial charge on any atom is -0.462 e. The molecule has 0 heterocycles. The summed E-state index contributed by atoms with van der Waals surface area (Å²) < 4.78 is 32.8. The number of rotatable bonds is 48. The van der Waals surface area contributed by atoms with Gasteiger partial charge >= 0.3 is 19.8 Å². The van der Waals surface area contributed by atoms with Crippen molar-refractivity contribution in [2.24, 2.45) is 0 Å². The zero-order valence-electron chi connectivity index (χ0n) is 38.9. The highest BCUT2D eigenvalue weighted by atomic mass is 31.2. The zero-order valence-corrected chi connectivity index (χ0v) is 39.8. The Labute approximate surface area is 368 Å². The molecule has 0 radical (unpaired) electrons. The molecule has 0 aromatic carbocycles. The quantitative estimate of drug-likeness (QED) is 0.0233. The maximum absolute atomic E-state index is 12.6. The summed E-state index contributed by atoms with van der Waals surface area (Å²) in [6.45, 7) is 2.40. The van der Waals surface area contributed by atoms with Gasteiger partial charge in [0.05, 0.1) is 19.8 Å². The van der Waals surface area contributed by atoms with Gasteiger partial charge in [0.2, 0.25) is 0 Å². The molecule has 11 heteroatoms. The normalized spacial score (nSPS) is 13.8. The number of ether oxygens (including phenoxy) is 2. The van der Waals surface area contributed by atoms with Crippen molar-refractivity contribution in [1.29, 1.82) is 0 Å². The Bertz CT molecular complexity index is 1010. The molecule has 0 spiro atoms. The number of hydrogen-bond acceptors (Lipinski definition) is 9. The summed E-state index contributed by atoms with van der Waals surface area (Å²) in [5.41, 5.74) is 0. The molecule has 60 heavy (non-hydrogen) atoms. The van der Waals surface area contributed by atoms with Crippen LogP contribution < -0.4 is 0 Å². The van der Waals surface area contributed by atoms with Gasteiger partial charge in [-0.2, -0.15) is 0 Å². The van der Waals surface area contributed by atoms with E-state index in [9.17, 15) is 24.2 Å². The van der Waals surface area contributed by atoms with E-state index in [0.29, 0.717) is 12.8 Å². The molecule has 0 saturated heterocycles. The maximum atomic E-state index is 12.6. The van der Waals surface area contributed by atoms with Crippen LogP contribution in [0.5, 0.6) is 0 Å². The van der Waals surface area contributed by atoms with E-state index >= 15 is 0 Å². The van der Waals surface area contributed by atoms with E-state index in [1.807, 2.05) is 0 Å². The fourth-order valence-electron chi connectivity index (χ4n) is 7.29. The van der Waals surface area contributed by atoms with Gasteiger partial charge in [0, 0.05) is 12.8 Å². The van der Waals surface area contributed by atoms with Crippen LogP contribution in [0.25, 0.3) is 0 Å². The minimum absolute atomic E-state index is 0.142. The summed E-state index contributed by atoms with van der Waals surface area (Å²) >= 11 is 0. The first kappa shape index (κ1) is 58.7. The summed E-state index contributed by atoms with van der Waals surface area (Å²) in [7, 11) is -4.62. The van der Waals surface area contributed by atoms with Crippen LogP contribution in [0.3, 0.4) is 0 Å². The highest BCUT2D eigenvalue weighted by Gasteiger charge is 2.27. The van der Waals surface area contributed by atoms with Crippen molar-refractivity contribution in [1.82, 2.24) is 0 Å². The first-order valence-corrected chi connectivity index (χ1v) is 26.6. The van der Waals surface area contributed by atoms with Gasteiger partial charge in [-0.3, -0.25) is 18.6 Å². The molecule has 0 aliphatic carbocycles. The molecule has 3 atom stereocenters. The van der Waals surface area contributed by atoms with Crippen molar-refractivity contribution >= 4 is 19.8 Å². The average molecular weight is 875 g/mol. The van der Waals surface area contributed by atoms with Crippen molar-refractivity contribution in [3.63, 3.8) is 0 Å². The van der Waals surface area contributed by atoms with Crippen LogP contribution in [0.2, 0.25) is 0 Å². The van der Waals surface area contributed by atoms with Gasteiger partial charge in [0.1, 0.15) is 12.7 Å². The summed E-state index contributed by atoms with van der Waals surface area (Å²) in [6.07, 6.45) is 46.2. The van der Waals surface area contributed by atoms with E-state index in [4.69, 9.17) is 23.6 Å². The predicted octanol–water partition coefficient (Wildman–Crippen LogP) is 14.0. The Morgan fingerprint density at radius 3 is 1.25 bits per heavy atom. The SMILES string of the molecule is CCCCCCCCCCCCCCCCCCCC/C=C/CCCC(=O)O[C@H](COC(=O)CCCCCCCCCCCCCCCC)COP(=O)(O)OC[C@@H](O)CO. The number of esters is 2. The first-order chi connectivity index (χ1) is 29.2. The molecule has 0 fully saturated rings. The Kier molecular flexibility index (Phi) is 44.7. The smallest absolute Gasteiger partial charge is 0.462 e. The molecule has 0 aliphatic rings. The molecular formula is C49H95O10P. The van der Waals surface area contributed by atoms with Gasteiger partial charge in [0.15, 0.2) is 6.10 Å². The van der Waals surface area contributed by atoms with Gasteiger partial charge in [-0.1, -0.05) is 219 Å². The third-order valence-corrected chi connectivity index (χ3v) is 12.1. The monoisotopic (exact) mass is 875 g/mol. The lowest BCUT2D eigenvalue weighted by Crippen LogP contribution is -2.29. The molecule has 0 bridgehead atoms. The molecule has 0 aliphatic heterocycles. The lowest BCUT2D eigenvalue weighted by molar-refractivity contribution is -0.161. The largest absolute Gasteiger partial charge is 0.472 e. The Hall–Kier alpha value is -1.29. The topological polar surface area (TPSA) is 149 Å². The first-order valence-electron chi connectivity index (χ1n) is 25.1. The summed E-state index contributed by atoms with van der Waals surface area (Å²) in [5, 5.41) is 18.4. The van der Waals surface area contributed by atoms with Crippen LogP contribution in [0.1, 0.15) is 251 Å². The van der Waals surface area contributed by atoms with Crippen molar-refractivity contribution in [2.75, 3.05) is 26.4 Å². The van der Waals surface area contributed by atoms with Crippen LogP contribution in [0.4, 0.5) is 0 Å². The van der Waals surface area contributed by atoms with E-state index in [0.717, 1.165) is 32.1 Å². The molecule has 0 rings (SSSR count). The van der Waals surface area contributed by atoms with E-state index in [1.165, 1.54) is 180 Å². The van der Waals surface area contributed by atoms with Crippen LogP contribution in [0, 0.1) is 0 Å². The molecule has 0 aromatic rings. The molecule has 3 N–H and O–H groups in total. The fourth-order valence-corrected chi connectivity index (χ4v) is 8.08. The number of carbonyl (C=O) groups is 2. The van der Waals surface area contributed by atoms with Crippen LogP contribution in [-0.4, -0.2) is 65.7 Å². The van der Waals surface area contributed by atoms with Crippen LogP contribution in [0.15, 0.2) is 12.2 Å². The molecule has 0 saturated carbocycles. The van der Waals surface area contributed by atoms with Gasteiger partial charge in [0.25, 0.3) is 0 Å². The van der Waals surface area contributed by atoms with Gasteiger partial charge in [-0.25, -0.2) is 4.57 Å². The third-order valence-electron chi connectivity index (χ3n) is 11.2. The summed E-state index contributed by atoms with van der Waals surface area (Å²) in [5.74, 6) is -0.947. The van der Waals surface area contributed by atoms with Crippen molar-refractivity contribution in [3.8, 4) is 0 Å². The maximum Gasteiger partial charge on any atom is 0.472 e. The number of phosphoric acid groups is 1. The number of aliphatic hydroxyl groups is 2. The third kappa shape index (κ3) is 44.8. The second-order valence-electron chi connectivity index (χ2n) is 17.2. The standard InChI is InChI=1S/C49H95O10P/c1-3-5-7-9-11-13-15-17-19-20-21-22-23-24-25-26-27-29-31-33-35-37-39-41-49(53)59-47(45-58-60(54,55)57-43-46(51)42-50)44-56-48(52)40-38-36-34-32-30-28-18-16-14-12-10-8-6-4-2/h33,35,46-47,50-51H,3-32,34,36-45H2,1-2H3,(H,54,55)/b35-33+/t46-,47+/m0/s1. The second kappa shape index (κ2) is 45.7. The van der Waals surface area contributed by atoms with E-state index in [2.05, 4.69) is 26.0 Å². The molecule has 0 amide bonds. The van der Waals surface area contributed by atoms with Gasteiger partial charge < -0.3 is 24.6 Å². The molecule has 1 unspecified atom stereocenters. The van der Waals surface area contributed by atoms with Crippen LogP contribution in [-0.2, 0) is 32.7 Å². The average Bonchev–Trinajstić information content (AvgIpc) is 3.24. The highest BCUT2D eigenvalue weighted by Crippen LogP contribution is 2.43. The number of allylic oxidation sites excluding steroid dienone is 2. The highest BCUT2D eigenvalue weighted by molar-refractivity contribution is 7.47. The summed E-state index contributed by atoms with van der Waals surface area (Å²) in [6, 6.07) is 0. The number of carbonyl (C=O) groups excluding carboxylic acids is 2. The number of aliphatic hydroxyl groups excluding tert-OH is 2. The lowest BCUT2D eigenvalue weighted by atomic mass is 10.0. The fraction of sp³-hybridized carbons (Fsp3) is 0.918. The summed E-state index contributed by atoms with van der Waals surface area (Å²) in [4.78, 5) is 35.1. The van der Waals surface area contributed by atoms with E-state index in [1.54, 1.807) is 0 Å². The van der Waals surface area contributed by atoms with Gasteiger partial charge in [-0.05, 0) is 32.1 Å². The van der Waals surface area contributed by atoms with Crippen molar-refractivity contribution in [2.45, 2.75) is 264 Å². The molecule has 356 valence electrons. The minimum atomic E-state index is -4.62. The Balaban J connectivity index is 4.16. The predicted molar refractivity (Wildman–Crippen MR) is 247 cm³/mol. The van der Waals surface area contributed by atoms with E-state index in [-0.39, 0.29) is 19.4 Å². The Morgan fingerprint density at radius 1 is 0.483 bits per heavy atom. The lowest BCUT2D eigenvalue weighted by Gasteiger charge is -2.20. The van der Waals surface area contributed by atoms with Crippen molar-refractivity contribution < 1.29 is 47.8 Å². The zero-order chi connectivity index (χ0) is 44.0. The van der Waals surface area contributed by atoms with E-state index < -0.39 is 51.8 Å². The molecule has 0 aromatic heterocycles. The second-order valence-corrected chi connectivity index (χ2v) is 18.7. The van der Waals surface area contributed by atoms with Crippen molar-refractivity contribution in [3.05, 3.63) is 12.2 Å². The Morgan fingerprint density at radius 2 is 0.833 bits per heavy atom. The van der Waals surface area contributed by atoms with Gasteiger partial charge in [-0.15, -0.1) is 0 Å². The molecular weight excluding hydrogens is 780 g/mol. The number of phosphoric ester groups is 1. The number of hydrogen-bond donors (Lipinski definition) is 3. The van der Waals surface area contributed by atoms with Crippen LogP contribution >= 0.6 is 7.82 Å². The number of unbranched alkanes of at least 4 members (excludes halogenated alkanes) is 32.